The van der Waals surface area contributed by atoms with Gasteiger partial charge in [0.25, 0.3) is 0 Å². The number of piperidine rings is 1. The molecule has 0 atom stereocenters. The summed E-state index contributed by atoms with van der Waals surface area (Å²) < 4.78 is 0. The summed E-state index contributed by atoms with van der Waals surface area (Å²) in [6.45, 7) is 4.22. The molecule has 2 fully saturated rings. The molecule has 1 aliphatic heterocycles. The lowest BCUT2D eigenvalue weighted by Crippen LogP contribution is -2.48. The number of likely N-dealkylation sites (tertiary alicyclic amines) is 1. The number of thiocarbonyl (C=S) groups is 1. The van der Waals surface area contributed by atoms with Crippen LogP contribution in [0.4, 0.5) is 0 Å². The normalized spacial score (nSPS) is 21.5. The topological polar surface area (TPSA) is 44.0 Å². The molecule has 0 radical (unpaired) electrons. The van der Waals surface area contributed by atoms with Gasteiger partial charge in [-0.2, -0.15) is 0 Å². The summed E-state index contributed by atoms with van der Waals surface area (Å²) in [6, 6.07) is 0.609. The largest absolute Gasteiger partial charge is 0.360 e. The summed E-state index contributed by atoms with van der Waals surface area (Å²) >= 11 is 5.61. The van der Waals surface area contributed by atoms with Crippen LogP contribution in [0.1, 0.15) is 62.3 Å². The number of hydrogen-bond acceptors (Lipinski definition) is 2. The summed E-state index contributed by atoms with van der Waals surface area (Å²) in [5, 5.41) is 4.56. The van der Waals surface area contributed by atoms with E-state index in [1.807, 2.05) is 6.33 Å². The van der Waals surface area contributed by atoms with Crippen LogP contribution in [0.2, 0.25) is 0 Å². The van der Waals surface area contributed by atoms with E-state index in [1.165, 1.54) is 43.5 Å². The predicted molar refractivity (Wildman–Crippen MR) is 89.5 cm³/mol. The molecule has 5 heteroatoms. The first kappa shape index (κ1) is 14.8. The van der Waals surface area contributed by atoms with Crippen LogP contribution >= 0.6 is 12.2 Å². The first-order valence-corrected chi connectivity index (χ1v) is 8.70. The van der Waals surface area contributed by atoms with Crippen molar-refractivity contribution in [3.8, 4) is 0 Å². The molecule has 0 amide bonds. The Morgan fingerprint density at radius 1 is 1.24 bits per heavy atom. The summed E-state index contributed by atoms with van der Waals surface area (Å²) in [5.74, 6) is 0.588. The highest BCUT2D eigenvalue weighted by Crippen LogP contribution is 2.28. The number of nitrogens with one attached hydrogen (secondary N) is 2. The van der Waals surface area contributed by atoms with Gasteiger partial charge < -0.3 is 15.2 Å². The molecule has 1 saturated carbocycles. The van der Waals surface area contributed by atoms with Crippen LogP contribution in [0.3, 0.4) is 0 Å². The van der Waals surface area contributed by atoms with Crippen molar-refractivity contribution in [2.45, 2.75) is 63.8 Å². The third-order valence-electron chi connectivity index (χ3n) is 4.97. The molecule has 0 bridgehead atoms. The fourth-order valence-corrected chi connectivity index (χ4v) is 4.00. The SMILES string of the molecule is Cc1[nH]cnc1C1CCN(C(=S)NC2CCCCC2)CC1. The Morgan fingerprint density at radius 3 is 2.57 bits per heavy atom. The van der Waals surface area contributed by atoms with Crippen LogP contribution in [0.5, 0.6) is 0 Å². The summed E-state index contributed by atoms with van der Waals surface area (Å²) in [6.07, 6.45) is 10.8. The van der Waals surface area contributed by atoms with Gasteiger partial charge in [0.05, 0.1) is 12.0 Å². The highest BCUT2D eigenvalue weighted by molar-refractivity contribution is 7.80. The van der Waals surface area contributed by atoms with E-state index in [9.17, 15) is 0 Å². The number of hydrogen-bond donors (Lipinski definition) is 2. The Hall–Kier alpha value is -1.10. The lowest BCUT2D eigenvalue weighted by molar-refractivity contribution is 0.298. The fourth-order valence-electron chi connectivity index (χ4n) is 3.65. The van der Waals surface area contributed by atoms with Crippen molar-refractivity contribution in [1.29, 1.82) is 0 Å². The molecule has 3 rings (SSSR count). The summed E-state index contributed by atoms with van der Waals surface area (Å²) in [7, 11) is 0. The van der Waals surface area contributed by atoms with Crippen molar-refractivity contribution in [1.82, 2.24) is 20.2 Å². The van der Waals surface area contributed by atoms with Crippen molar-refractivity contribution in [2.75, 3.05) is 13.1 Å². The first-order valence-electron chi connectivity index (χ1n) is 8.29. The molecule has 1 saturated heterocycles. The number of aromatic nitrogens is 2. The molecular formula is C16H26N4S. The van der Waals surface area contributed by atoms with Crippen LogP contribution in [0.25, 0.3) is 0 Å². The number of nitrogens with zero attached hydrogens (tertiary/aromatic N) is 2. The maximum Gasteiger partial charge on any atom is 0.169 e. The number of H-pyrrole nitrogens is 1. The summed E-state index contributed by atoms with van der Waals surface area (Å²) in [5.41, 5.74) is 2.47. The number of rotatable bonds is 2. The molecular weight excluding hydrogens is 280 g/mol. The van der Waals surface area contributed by atoms with E-state index in [-0.39, 0.29) is 0 Å². The second-order valence-corrected chi connectivity index (χ2v) is 6.85. The Morgan fingerprint density at radius 2 is 1.95 bits per heavy atom. The third kappa shape index (κ3) is 3.57. The Kier molecular flexibility index (Phi) is 4.78. The van der Waals surface area contributed by atoms with Crippen LogP contribution < -0.4 is 5.32 Å². The standard InChI is InChI=1S/C16H26N4S/c1-12-15(18-11-17-12)13-7-9-20(10-8-13)16(21)19-14-5-3-2-4-6-14/h11,13-14H,2-10H2,1H3,(H,17,18)(H,19,21). The Balaban J connectivity index is 1.48. The zero-order valence-electron chi connectivity index (χ0n) is 12.9. The first-order chi connectivity index (χ1) is 10.2. The maximum atomic E-state index is 5.61. The number of aryl methyl sites for hydroxylation is 1. The van der Waals surface area contributed by atoms with Crippen molar-refractivity contribution in [2.24, 2.45) is 0 Å². The van der Waals surface area contributed by atoms with E-state index in [0.29, 0.717) is 12.0 Å². The van der Waals surface area contributed by atoms with Gasteiger partial charge in [0.15, 0.2) is 5.11 Å². The maximum absolute atomic E-state index is 5.61. The molecule has 0 aromatic carbocycles. The Bertz CT molecular complexity index is 470. The second-order valence-electron chi connectivity index (χ2n) is 6.46. The fraction of sp³-hybridized carbons (Fsp3) is 0.750. The van der Waals surface area contributed by atoms with Gasteiger partial charge in [-0.1, -0.05) is 19.3 Å². The van der Waals surface area contributed by atoms with Gasteiger partial charge >= 0.3 is 0 Å². The smallest absolute Gasteiger partial charge is 0.169 e. The lowest BCUT2D eigenvalue weighted by atomic mass is 9.92. The molecule has 1 aromatic rings. The van der Waals surface area contributed by atoms with Gasteiger partial charge in [-0.05, 0) is 44.8 Å². The van der Waals surface area contributed by atoms with E-state index in [0.717, 1.165) is 31.0 Å². The van der Waals surface area contributed by atoms with E-state index in [4.69, 9.17) is 12.2 Å². The van der Waals surface area contributed by atoms with Crippen molar-refractivity contribution in [3.63, 3.8) is 0 Å². The van der Waals surface area contributed by atoms with Crippen LogP contribution in [0.15, 0.2) is 6.33 Å². The monoisotopic (exact) mass is 306 g/mol. The molecule has 2 heterocycles. The van der Waals surface area contributed by atoms with E-state index in [2.05, 4.69) is 27.1 Å². The van der Waals surface area contributed by atoms with Crippen molar-refractivity contribution >= 4 is 17.3 Å². The highest BCUT2D eigenvalue weighted by Gasteiger charge is 2.25. The molecule has 4 nitrogen and oxygen atoms in total. The van der Waals surface area contributed by atoms with Gasteiger partial charge in [0.2, 0.25) is 0 Å². The molecule has 1 aliphatic carbocycles. The zero-order chi connectivity index (χ0) is 14.7. The molecule has 2 N–H and O–H groups in total. The third-order valence-corrected chi connectivity index (χ3v) is 5.35. The van der Waals surface area contributed by atoms with E-state index < -0.39 is 0 Å². The minimum Gasteiger partial charge on any atom is -0.360 e. The van der Waals surface area contributed by atoms with Gasteiger partial charge in [-0.25, -0.2) is 4.98 Å². The average molecular weight is 306 g/mol. The van der Waals surface area contributed by atoms with Crippen LogP contribution in [-0.4, -0.2) is 39.1 Å². The highest BCUT2D eigenvalue weighted by atomic mass is 32.1. The molecule has 1 aromatic heterocycles. The summed E-state index contributed by atoms with van der Waals surface area (Å²) in [4.78, 5) is 10.0. The van der Waals surface area contributed by atoms with Crippen LogP contribution in [0, 0.1) is 6.92 Å². The molecule has 2 aliphatic rings. The van der Waals surface area contributed by atoms with Crippen molar-refractivity contribution in [3.05, 3.63) is 17.7 Å². The van der Waals surface area contributed by atoms with E-state index >= 15 is 0 Å². The minimum atomic E-state index is 0.588. The van der Waals surface area contributed by atoms with E-state index in [1.54, 1.807) is 0 Å². The molecule has 21 heavy (non-hydrogen) atoms. The minimum absolute atomic E-state index is 0.588. The zero-order valence-corrected chi connectivity index (χ0v) is 13.7. The average Bonchev–Trinajstić information content (AvgIpc) is 2.94. The van der Waals surface area contributed by atoms with Crippen molar-refractivity contribution < 1.29 is 0 Å². The van der Waals surface area contributed by atoms with Gasteiger partial charge in [0, 0.05) is 30.7 Å². The van der Waals surface area contributed by atoms with Gasteiger partial charge in [0.1, 0.15) is 0 Å². The van der Waals surface area contributed by atoms with Gasteiger partial charge in [-0.3, -0.25) is 0 Å². The predicted octanol–water partition coefficient (Wildman–Crippen LogP) is 3.10. The molecule has 0 spiro atoms. The Labute approximate surface area is 132 Å². The number of imidazole rings is 1. The lowest BCUT2D eigenvalue weighted by Gasteiger charge is -2.35. The van der Waals surface area contributed by atoms with Crippen LogP contribution in [-0.2, 0) is 0 Å². The second kappa shape index (κ2) is 6.77. The quantitative estimate of drug-likeness (QED) is 0.824. The molecule has 116 valence electrons. The van der Waals surface area contributed by atoms with Gasteiger partial charge in [-0.15, -0.1) is 0 Å². The number of aromatic amines is 1. The molecule has 0 unspecified atom stereocenters.